The lowest BCUT2D eigenvalue weighted by Gasteiger charge is -2.07. The zero-order valence-corrected chi connectivity index (χ0v) is 13.4. The normalized spacial score (nSPS) is 10.3. The molecule has 0 bridgehead atoms. The minimum absolute atomic E-state index is 0.255. The lowest BCUT2D eigenvalue weighted by molar-refractivity contribution is -0.134. The summed E-state index contributed by atoms with van der Waals surface area (Å²) in [5.74, 6) is 0.293. The van der Waals surface area contributed by atoms with E-state index < -0.39 is 0 Å². The van der Waals surface area contributed by atoms with Crippen LogP contribution >= 0.6 is 27.5 Å². The van der Waals surface area contributed by atoms with Gasteiger partial charge in [-0.15, -0.1) is 0 Å². The van der Waals surface area contributed by atoms with E-state index in [0.29, 0.717) is 23.6 Å². The molecular weight excluding hydrogens is 340 g/mol. The molecule has 2 aromatic carbocycles. The summed E-state index contributed by atoms with van der Waals surface area (Å²) in [5.41, 5.74) is 2.13. The van der Waals surface area contributed by atoms with Crippen molar-refractivity contribution in [2.45, 2.75) is 19.8 Å². The van der Waals surface area contributed by atoms with Gasteiger partial charge in [0.05, 0.1) is 4.47 Å². The van der Waals surface area contributed by atoms with Gasteiger partial charge in [0.15, 0.2) is 0 Å². The van der Waals surface area contributed by atoms with Gasteiger partial charge in [0.25, 0.3) is 0 Å². The molecule has 0 heterocycles. The van der Waals surface area contributed by atoms with Crippen LogP contribution in [0.25, 0.3) is 0 Å². The van der Waals surface area contributed by atoms with Crippen molar-refractivity contribution in [2.24, 2.45) is 0 Å². The molecule has 2 rings (SSSR count). The van der Waals surface area contributed by atoms with E-state index in [-0.39, 0.29) is 5.97 Å². The second-order valence-electron chi connectivity index (χ2n) is 4.54. The molecule has 0 aliphatic rings. The number of ether oxygens (including phenoxy) is 1. The lowest BCUT2D eigenvalue weighted by Crippen LogP contribution is -2.09. The smallest absolute Gasteiger partial charge is 0.311 e. The molecule has 0 amide bonds. The number of benzene rings is 2. The molecule has 0 spiro atoms. The van der Waals surface area contributed by atoms with Crippen LogP contribution in [0.2, 0.25) is 5.02 Å². The molecule has 0 aliphatic heterocycles. The highest BCUT2D eigenvalue weighted by Crippen LogP contribution is 2.26. The molecule has 0 fully saturated rings. The van der Waals surface area contributed by atoms with Crippen LogP contribution in [0.3, 0.4) is 0 Å². The SMILES string of the molecule is Cc1ccc(OC(=O)CCc2cccc(Cl)c2)c(Br)c1. The van der Waals surface area contributed by atoms with Crippen LogP contribution in [-0.4, -0.2) is 5.97 Å². The standard InChI is InChI=1S/C16H14BrClO2/c1-11-5-7-15(14(17)9-11)20-16(19)8-6-12-3-2-4-13(18)10-12/h2-5,7,9-10H,6,8H2,1H3. The maximum atomic E-state index is 11.8. The van der Waals surface area contributed by atoms with Crippen LogP contribution in [0.4, 0.5) is 0 Å². The van der Waals surface area contributed by atoms with Gasteiger partial charge in [-0.3, -0.25) is 4.79 Å². The predicted molar refractivity (Wildman–Crippen MR) is 84.3 cm³/mol. The topological polar surface area (TPSA) is 26.3 Å². The monoisotopic (exact) mass is 352 g/mol. The molecule has 0 aliphatic carbocycles. The molecule has 0 unspecified atom stereocenters. The minimum atomic E-state index is -0.255. The fraction of sp³-hybridized carbons (Fsp3) is 0.188. The van der Waals surface area contributed by atoms with E-state index in [0.717, 1.165) is 15.6 Å². The van der Waals surface area contributed by atoms with Crippen molar-refractivity contribution in [2.75, 3.05) is 0 Å². The van der Waals surface area contributed by atoms with Gasteiger partial charge >= 0.3 is 5.97 Å². The van der Waals surface area contributed by atoms with E-state index in [2.05, 4.69) is 15.9 Å². The third-order valence-electron chi connectivity index (χ3n) is 2.82. The van der Waals surface area contributed by atoms with Crippen molar-refractivity contribution in [3.8, 4) is 5.75 Å². The minimum Gasteiger partial charge on any atom is -0.425 e. The molecule has 2 aromatic rings. The fourth-order valence-electron chi connectivity index (χ4n) is 1.80. The van der Waals surface area contributed by atoms with Gasteiger partial charge in [-0.05, 0) is 64.7 Å². The Hall–Kier alpha value is -1.32. The van der Waals surface area contributed by atoms with Crippen molar-refractivity contribution < 1.29 is 9.53 Å². The molecule has 4 heteroatoms. The maximum Gasteiger partial charge on any atom is 0.311 e. The summed E-state index contributed by atoms with van der Waals surface area (Å²) in [6.07, 6.45) is 0.934. The zero-order valence-electron chi connectivity index (χ0n) is 11.0. The number of esters is 1. The number of aryl methyl sites for hydroxylation is 2. The van der Waals surface area contributed by atoms with Crippen molar-refractivity contribution in [3.63, 3.8) is 0 Å². The number of carbonyl (C=O) groups excluding carboxylic acids is 1. The molecule has 0 saturated heterocycles. The molecule has 104 valence electrons. The fourth-order valence-corrected chi connectivity index (χ4v) is 2.59. The first kappa shape index (κ1) is 15.1. The Bertz CT molecular complexity index is 626. The van der Waals surface area contributed by atoms with Crippen LogP contribution < -0.4 is 4.74 Å². The van der Waals surface area contributed by atoms with E-state index in [1.54, 1.807) is 6.07 Å². The molecule has 0 N–H and O–H groups in total. The quantitative estimate of drug-likeness (QED) is 0.574. The van der Waals surface area contributed by atoms with Crippen LogP contribution in [-0.2, 0) is 11.2 Å². The summed E-state index contributed by atoms with van der Waals surface area (Å²) >= 11 is 9.29. The number of halogens is 2. The molecule has 2 nitrogen and oxygen atoms in total. The number of hydrogen-bond acceptors (Lipinski definition) is 2. The van der Waals surface area contributed by atoms with Crippen LogP contribution in [0, 0.1) is 6.92 Å². The maximum absolute atomic E-state index is 11.8. The van der Waals surface area contributed by atoms with Gasteiger partial charge in [-0.25, -0.2) is 0 Å². The Morgan fingerprint density at radius 1 is 1.25 bits per heavy atom. The van der Waals surface area contributed by atoms with E-state index in [9.17, 15) is 4.79 Å². The molecule has 20 heavy (non-hydrogen) atoms. The zero-order chi connectivity index (χ0) is 14.5. The second kappa shape index (κ2) is 6.91. The van der Waals surface area contributed by atoms with Crippen molar-refractivity contribution >= 4 is 33.5 Å². The van der Waals surface area contributed by atoms with Gasteiger partial charge in [-0.2, -0.15) is 0 Å². The van der Waals surface area contributed by atoms with E-state index in [1.807, 2.05) is 43.3 Å². The lowest BCUT2D eigenvalue weighted by atomic mass is 10.1. The summed E-state index contributed by atoms with van der Waals surface area (Å²) in [4.78, 5) is 11.8. The van der Waals surface area contributed by atoms with Crippen molar-refractivity contribution in [3.05, 3.63) is 63.1 Å². The average Bonchev–Trinajstić information content (AvgIpc) is 2.40. The highest BCUT2D eigenvalue weighted by Gasteiger charge is 2.08. The van der Waals surface area contributed by atoms with Gasteiger partial charge in [0.1, 0.15) is 5.75 Å². The third kappa shape index (κ3) is 4.36. The van der Waals surface area contributed by atoms with Crippen molar-refractivity contribution in [1.29, 1.82) is 0 Å². The van der Waals surface area contributed by atoms with E-state index in [1.165, 1.54) is 0 Å². The predicted octanol–water partition coefficient (Wildman–Crippen LogP) is 4.95. The molecule has 0 radical (unpaired) electrons. The van der Waals surface area contributed by atoms with E-state index in [4.69, 9.17) is 16.3 Å². The first-order chi connectivity index (χ1) is 9.54. The Kier molecular flexibility index (Phi) is 5.21. The first-order valence-electron chi connectivity index (χ1n) is 6.26. The Labute approximate surface area is 131 Å². The Morgan fingerprint density at radius 2 is 2.05 bits per heavy atom. The summed E-state index contributed by atoms with van der Waals surface area (Å²) < 4.78 is 6.12. The number of rotatable bonds is 4. The highest BCUT2D eigenvalue weighted by atomic mass is 79.9. The summed E-state index contributed by atoms with van der Waals surface area (Å²) in [6.45, 7) is 1.98. The molecule has 0 atom stereocenters. The first-order valence-corrected chi connectivity index (χ1v) is 7.43. The second-order valence-corrected chi connectivity index (χ2v) is 5.83. The van der Waals surface area contributed by atoms with E-state index >= 15 is 0 Å². The average molecular weight is 354 g/mol. The van der Waals surface area contributed by atoms with Gasteiger partial charge in [0, 0.05) is 11.4 Å². The summed E-state index contributed by atoms with van der Waals surface area (Å²) in [7, 11) is 0. The highest BCUT2D eigenvalue weighted by molar-refractivity contribution is 9.10. The largest absolute Gasteiger partial charge is 0.425 e. The Balaban J connectivity index is 1.92. The van der Waals surface area contributed by atoms with Crippen LogP contribution in [0.15, 0.2) is 46.9 Å². The van der Waals surface area contributed by atoms with Crippen LogP contribution in [0.1, 0.15) is 17.5 Å². The van der Waals surface area contributed by atoms with Crippen molar-refractivity contribution in [1.82, 2.24) is 0 Å². The Morgan fingerprint density at radius 3 is 2.75 bits per heavy atom. The van der Waals surface area contributed by atoms with Gasteiger partial charge < -0.3 is 4.74 Å². The third-order valence-corrected chi connectivity index (χ3v) is 3.67. The summed E-state index contributed by atoms with van der Waals surface area (Å²) in [6, 6.07) is 13.1. The van der Waals surface area contributed by atoms with Crippen LogP contribution in [0.5, 0.6) is 5.75 Å². The number of carbonyl (C=O) groups is 1. The van der Waals surface area contributed by atoms with Gasteiger partial charge in [-0.1, -0.05) is 29.8 Å². The molecule has 0 aromatic heterocycles. The van der Waals surface area contributed by atoms with Gasteiger partial charge in [0.2, 0.25) is 0 Å². The molecule has 0 saturated carbocycles. The molecular formula is C16H14BrClO2. The number of hydrogen-bond donors (Lipinski definition) is 0. The summed E-state index contributed by atoms with van der Waals surface area (Å²) in [5, 5.41) is 0.678.